The molecule has 2 aromatic rings. The highest BCUT2D eigenvalue weighted by Crippen LogP contribution is 2.45. The summed E-state index contributed by atoms with van der Waals surface area (Å²) in [5, 5.41) is 0. The summed E-state index contributed by atoms with van der Waals surface area (Å²) in [6.07, 6.45) is 10.8. The number of hydrogen-bond donors (Lipinski definition) is 0. The van der Waals surface area contributed by atoms with Gasteiger partial charge in [-0.2, -0.15) is 0 Å². The van der Waals surface area contributed by atoms with Gasteiger partial charge in [0.05, 0.1) is 0 Å². The van der Waals surface area contributed by atoms with E-state index in [4.69, 9.17) is 0 Å². The van der Waals surface area contributed by atoms with Gasteiger partial charge in [-0.1, -0.05) is 61.4 Å². The van der Waals surface area contributed by atoms with Crippen LogP contribution in [0.1, 0.15) is 72.6 Å². The molecule has 0 bridgehead atoms. The number of hydrogen-bond acceptors (Lipinski definition) is 0. The minimum atomic E-state index is 0.734. The lowest BCUT2D eigenvalue weighted by Gasteiger charge is -2.28. The van der Waals surface area contributed by atoms with Gasteiger partial charge in [-0.25, -0.2) is 0 Å². The lowest BCUT2D eigenvalue weighted by Crippen LogP contribution is -2.13. The Morgan fingerprint density at radius 3 is 1.50 bits per heavy atom. The molecule has 0 heterocycles. The van der Waals surface area contributed by atoms with E-state index in [1.54, 1.807) is 22.3 Å². The summed E-state index contributed by atoms with van der Waals surface area (Å²) in [5.74, 6) is 1.47. The Kier molecular flexibility index (Phi) is 4.01. The molecule has 22 heavy (non-hydrogen) atoms. The van der Waals surface area contributed by atoms with Gasteiger partial charge in [-0.05, 0) is 72.6 Å². The van der Waals surface area contributed by atoms with Crippen LogP contribution in [0.15, 0.2) is 48.5 Å². The van der Waals surface area contributed by atoms with E-state index in [-0.39, 0.29) is 0 Å². The third-order valence-electron chi connectivity index (χ3n) is 5.82. The molecule has 0 fully saturated rings. The van der Waals surface area contributed by atoms with Crippen LogP contribution in [0.25, 0.3) is 0 Å². The summed E-state index contributed by atoms with van der Waals surface area (Å²) in [6.45, 7) is 0. The lowest BCUT2D eigenvalue weighted by molar-refractivity contribution is 0.462. The Hall–Kier alpha value is -1.56. The SMILES string of the molecule is c1ccc2c(c1)CCCCC2C1CCCCc2ccccc21. The summed E-state index contributed by atoms with van der Waals surface area (Å²) in [6, 6.07) is 18.5. The second-order valence-electron chi connectivity index (χ2n) is 7.10. The van der Waals surface area contributed by atoms with Crippen LogP contribution in [-0.2, 0) is 12.8 Å². The average Bonchev–Trinajstić information content (AvgIpc) is 2.90. The maximum Gasteiger partial charge on any atom is -0.00903 e. The minimum absolute atomic E-state index is 0.734. The molecular weight excluding hydrogens is 264 g/mol. The van der Waals surface area contributed by atoms with Crippen molar-refractivity contribution in [2.75, 3.05) is 0 Å². The molecular formula is C22H26. The van der Waals surface area contributed by atoms with Crippen molar-refractivity contribution in [1.82, 2.24) is 0 Å². The third kappa shape index (κ3) is 2.60. The van der Waals surface area contributed by atoms with Gasteiger partial charge < -0.3 is 0 Å². The highest BCUT2D eigenvalue weighted by atomic mass is 14.3. The standard InChI is InChI=1S/C22H26/c1-5-13-19-17(9-1)11-3-7-15-21(19)22-16-8-4-12-18-10-2-6-14-20(18)22/h1-2,5-6,9-10,13-14,21-22H,3-4,7-8,11-12,15-16H2. The molecule has 2 aliphatic carbocycles. The third-order valence-corrected chi connectivity index (χ3v) is 5.82. The van der Waals surface area contributed by atoms with Crippen molar-refractivity contribution >= 4 is 0 Å². The first kappa shape index (κ1) is 14.1. The second-order valence-corrected chi connectivity index (χ2v) is 7.10. The highest BCUT2D eigenvalue weighted by molar-refractivity contribution is 5.39. The van der Waals surface area contributed by atoms with Crippen LogP contribution >= 0.6 is 0 Å². The van der Waals surface area contributed by atoms with Crippen LogP contribution in [0.2, 0.25) is 0 Å². The van der Waals surface area contributed by atoms with Crippen molar-refractivity contribution in [3.8, 4) is 0 Å². The molecule has 0 aliphatic heterocycles. The van der Waals surface area contributed by atoms with Gasteiger partial charge in [0.15, 0.2) is 0 Å². The molecule has 2 atom stereocenters. The van der Waals surface area contributed by atoms with Crippen LogP contribution in [0.3, 0.4) is 0 Å². The number of fused-ring (bicyclic) bond motifs is 2. The second kappa shape index (κ2) is 6.28. The fourth-order valence-corrected chi connectivity index (χ4v) is 4.75. The Bertz CT molecular complexity index is 582. The Labute approximate surface area is 134 Å². The van der Waals surface area contributed by atoms with Gasteiger partial charge in [0.1, 0.15) is 0 Å². The van der Waals surface area contributed by atoms with Crippen molar-refractivity contribution in [2.45, 2.75) is 63.2 Å². The molecule has 2 unspecified atom stereocenters. The first-order valence-corrected chi connectivity index (χ1v) is 9.09. The van der Waals surface area contributed by atoms with E-state index in [0.29, 0.717) is 0 Å². The van der Waals surface area contributed by atoms with Crippen LogP contribution < -0.4 is 0 Å². The fraction of sp³-hybridized carbons (Fsp3) is 0.455. The minimum Gasteiger partial charge on any atom is -0.0620 e. The molecule has 4 rings (SSSR count). The Morgan fingerprint density at radius 1 is 0.545 bits per heavy atom. The molecule has 2 aromatic carbocycles. The zero-order valence-corrected chi connectivity index (χ0v) is 13.4. The van der Waals surface area contributed by atoms with Crippen molar-refractivity contribution < 1.29 is 0 Å². The first-order valence-electron chi connectivity index (χ1n) is 9.09. The maximum atomic E-state index is 2.42. The van der Waals surface area contributed by atoms with Crippen molar-refractivity contribution in [1.29, 1.82) is 0 Å². The van der Waals surface area contributed by atoms with E-state index < -0.39 is 0 Å². The van der Waals surface area contributed by atoms with Crippen molar-refractivity contribution in [2.24, 2.45) is 0 Å². The summed E-state index contributed by atoms with van der Waals surface area (Å²) in [5.41, 5.74) is 6.54. The topological polar surface area (TPSA) is 0 Å². The molecule has 0 saturated carbocycles. The van der Waals surface area contributed by atoms with Gasteiger partial charge in [-0.15, -0.1) is 0 Å². The average molecular weight is 290 g/mol. The van der Waals surface area contributed by atoms with Gasteiger partial charge in [0, 0.05) is 0 Å². The quantitative estimate of drug-likeness (QED) is 0.564. The number of aryl methyl sites for hydroxylation is 2. The summed E-state index contributed by atoms with van der Waals surface area (Å²) in [4.78, 5) is 0. The molecule has 0 spiro atoms. The van der Waals surface area contributed by atoms with Crippen LogP contribution in [-0.4, -0.2) is 0 Å². The van der Waals surface area contributed by atoms with Crippen molar-refractivity contribution in [3.05, 3.63) is 70.8 Å². The van der Waals surface area contributed by atoms with Crippen LogP contribution in [0, 0.1) is 0 Å². The van der Waals surface area contributed by atoms with Crippen LogP contribution in [0.4, 0.5) is 0 Å². The zero-order chi connectivity index (χ0) is 14.8. The van der Waals surface area contributed by atoms with Gasteiger partial charge in [0.25, 0.3) is 0 Å². The molecule has 2 aliphatic rings. The predicted molar refractivity (Wildman–Crippen MR) is 93.5 cm³/mol. The Morgan fingerprint density at radius 2 is 1.00 bits per heavy atom. The van der Waals surface area contributed by atoms with Gasteiger partial charge in [0.2, 0.25) is 0 Å². The van der Waals surface area contributed by atoms with E-state index in [0.717, 1.165) is 11.8 Å². The fourth-order valence-electron chi connectivity index (χ4n) is 4.75. The van der Waals surface area contributed by atoms with E-state index in [1.807, 2.05) is 0 Å². The van der Waals surface area contributed by atoms with Gasteiger partial charge in [-0.3, -0.25) is 0 Å². The lowest BCUT2D eigenvalue weighted by atomic mass is 9.76. The van der Waals surface area contributed by atoms with Crippen LogP contribution in [0.5, 0.6) is 0 Å². The molecule has 0 radical (unpaired) electrons. The normalized spacial score (nSPS) is 24.7. The molecule has 0 heteroatoms. The molecule has 0 amide bonds. The van der Waals surface area contributed by atoms with Crippen molar-refractivity contribution in [3.63, 3.8) is 0 Å². The smallest absolute Gasteiger partial charge is 0.00903 e. The van der Waals surface area contributed by atoms with E-state index in [2.05, 4.69) is 48.5 Å². The molecule has 0 nitrogen and oxygen atoms in total. The molecule has 0 N–H and O–H groups in total. The highest BCUT2D eigenvalue weighted by Gasteiger charge is 2.29. The summed E-state index contributed by atoms with van der Waals surface area (Å²) < 4.78 is 0. The van der Waals surface area contributed by atoms with Gasteiger partial charge >= 0.3 is 0 Å². The number of rotatable bonds is 1. The monoisotopic (exact) mass is 290 g/mol. The molecule has 0 aromatic heterocycles. The largest absolute Gasteiger partial charge is 0.0620 e. The summed E-state index contributed by atoms with van der Waals surface area (Å²) >= 11 is 0. The first-order chi connectivity index (χ1) is 10.9. The van der Waals surface area contributed by atoms with E-state index >= 15 is 0 Å². The zero-order valence-electron chi connectivity index (χ0n) is 13.4. The van der Waals surface area contributed by atoms with E-state index in [1.165, 1.54) is 51.4 Å². The molecule has 114 valence electrons. The summed E-state index contributed by atoms with van der Waals surface area (Å²) in [7, 11) is 0. The number of benzene rings is 2. The Balaban J connectivity index is 1.78. The molecule has 0 saturated heterocycles. The van der Waals surface area contributed by atoms with E-state index in [9.17, 15) is 0 Å². The predicted octanol–water partition coefficient (Wildman–Crippen LogP) is 6.01. The maximum absolute atomic E-state index is 2.42.